The predicted molar refractivity (Wildman–Crippen MR) is 123 cm³/mol. The van der Waals surface area contributed by atoms with Gasteiger partial charge in [-0.2, -0.15) is 0 Å². The van der Waals surface area contributed by atoms with Gasteiger partial charge in [0.1, 0.15) is 12.4 Å². The molecule has 4 rings (SSSR count). The molecule has 0 fully saturated rings. The van der Waals surface area contributed by atoms with Crippen LogP contribution in [0.25, 0.3) is 0 Å². The highest BCUT2D eigenvalue weighted by Crippen LogP contribution is 2.26. The van der Waals surface area contributed by atoms with E-state index in [1.807, 2.05) is 25.1 Å². The van der Waals surface area contributed by atoms with Crippen LogP contribution in [0.15, 0.2) is 65.8 Å². The van der Waals surface area contributed by atoms with E-state index in [-0.39, 0.29) is 11.9 Å². The molecule has 1 aromatic heterocycles. The summed E-state index contributed by atoms with van der Waals surface area (Å²) in [6.45, 7) is 6.78. The molecule has 2 N–H and O–H groups in total. The molecule has 1 aliphatic rings. The van der Waals surface area contributed by atoms with Gasteiger partial charge in [-0.3, -0.25) is 19.3 Å². The number of anilines is 1. The predicted octanol–water partition coefficient (Wildman–Crippen LogP) is 3.93. The van der Waals surface area contributed by atoms with E-state index < -0.39 is 0 Å². The van der Waals surface area contributed by atoms with Crippen LogP contribution in [-0.4, -0.2) is 30.2 Å². The molecule has 1 amide bonds. The number of nitrogens with one attached hydrogen (secondary N) is 2. The van der Waals surface area contributed by atoms with Crippen LogP contribution in [-0.2, 0) is 4.84 Å². The van der Waals surface area contributed by atoms with Gasteiger partial charge >= 0.3 is 0 Å². The molecule has 0 saturated heterocycles. The maximum absolute atomic E-state index is 12.2. The highest BCUT2D eigenvalue weighted by atomic mass is 16.6. The number of amidine groups is 1. The van der Waals surface area contributed by atoms with Crippen LogP contribution in [0.1, 0.15) is 45.7 Å². The largest absolute Gasteiger partial charge is 0.338 e. The standard InChI is InChI=1S/C24H27N5O2/c1-16-10-11-20(24(30)27-31-4)14-21(16)26-23-22-17(2)12-13-28(22)29(15-25-23)18(3)19-8-6-5-7-9-19/h5-14,18H,15H2,1-4H3,(H,25,26)(H,27,30)/t18-/m1/s1. The van der Waals surface area contributed by atoms with Crippen molar-refractivity contribution >= 4 is 17.4 Å². The summed E-state index contributed by atoms with van der Waals surface area (Å²) in [5.41, 5.74) is 8.10. The zero-order chi connectivity index (χ0) is 22.0. The van der Waals surface area contributed by atoms with Crippen molar-refractivity contribution < 1.29 is 9.63 Å². The van der Waals surface area contributed by atoms with Crippen molar-refractivity contribution in [3.63, 3.8) is 0 Å². The Morgan fingerprint density at radius 3 is 2.61 bits per heavy atom. The number of fused-ring (bicyclic) bond motifs is 1. The van der Waals surface area contributed by atoms with Gasteiger partial charge in [0.25, 0.3) is 5.91 Å². The van der Waals surface area contributed by atoms with Crippen molar-refractivity contribution in [2.45, 2.75) is 26.8 Å². The fourth-order valence-electron chi connectivity index (χ4n) is 3.80. The monoisotopic (exact) mass is 417 g/mol. The second kappa shape index (κ2) is 8.65. The van der Waals surface area contributed by atoms with Gasteiger partial charge in [-0.1, -0.05) is 36.4 Å². The summed E-state index contributed by atoms with van der Waals surface area (Å²) in [6.07, 6.45) is 2.08. The minimum absolute atomic E-state index is 0.167. The van der Waals surface area contributed by atoms with Crippen LogP contribution in [0.4, 0.5) is 5.69 Å². The number of aryl methyl sites for hydroxylation is 2. The van der Waals surface area contributed by atoms with Crippen LogP contribution >= 0.6 is 0 Å². The molecular weight excluding hydrogens is 390 g/mol. The number of amides is 1. The Balaban J connectivity index is 1.64. The minimum atomic E-state index is -0.293. The van der Waals surface area contributed by atoms with E-state index in [0.717, 1.165) is 28.3 Å². The van der Waals surface area contributed by atoms with E-state index in [1.165, 1.54) is 12.7 Å². The first-order valence-electron chi connectivity index (χ1n) is 10.2. The van der Waals surface area contributed by atoms with Crippen molar-refractivity contribution in [3.05, 3.63) is 88.7 Å². The van der Waals surface area contributed by atoms with Crippen molar-refractivity contribution in [3.8, 4) is 0 Å². The molecule has 1 atom stereocenters. The molecule has 0 aliphatic carbocycles. The summed E-state index contributed by atoms with van der Waals surface area (Å²) in [6, 6.07) is 18.2. The van der Waals surface area contributed by atoms with Gasteiger partial charge < -0.3 is 5.32 Å². The van der Waals surface area contributed by atoms with Crippen LogP contribution < -0.4 is 15.8 Å². The molecule has 0 saturated carbocycles. The van der Waals surface area contributed by atoms with E-state index in [1.54, 1.807) is 6.07 Å². The molecule has 160 valence electrons. The number of benzene rings is 2. The van der Waals surface area contributed by atoms with Gasteiger partial charge in [0, 0.05) is 17.4 Å². The Labute approximate surface area is 182 Å². The molecule has 0 unspecified atom stereocenters. The number of nitrogens with zero attached hydrogens (tertiary/aromatic N) is 3. The van der Waals surface area contributed by atoms with E-state index in [0.29, 0.717) is 12.2 Å². The number of rotatable bonds is 5. The van der Waals surface area contributed by atoms with E-state index >= 15 is 0 Å². The Kier molecular flexibility index (Phi) is 5.77. The Morgan fingerprint density at radius 2 is 1.87 bits per heavy atom. The molecule has 31 heavy (non-hydrogen) atoms. The molecular formula is C24H27N5O2. The zero-order valence-electron chi connectivity index (χ0n) is 18.2. The fraction of sp³-hybridized carbons (Fsp3) is 0.250. The first-order chi connectivity index (χ1) is 15.0. The molecule has 0 bridgehead atoms. The summed E-state index contributed by atoms with van der Waals surface area (Å²) >= 11 is 0. The molecule has 1 aliphatic heterocycles. The van der Waals surface area contributed by atoms with E-state index in [2.05, 4.69) is 70.9 Å². The van der Waals surface area contributed by atoms with Crippen LogP contribution in [0, 0.1) is 13.8 Å². The van der Waals surface area contributed by atoms with Crippen molar-refractivity contribution in [2.75, 3.05) is 24.1 Å². The van der Waals surface area contributed by atoms with Gasteiger partial charge in [0.15, 0.2) is 5.84 Å². The summed E-state index contributed by atoms with van der Waals surface area (Å²) in [4.78, 5) is 21.8. The number of carbonyl (C=O) groups is 1. The topological polar surface area (TPSA) is 70.9 Å². The highest BCUT2D eigenvalue weighted by Gasteiger charge is 2.26. The van der Waals surface area contributed by atoms with Gasteiger partial charge in [0.05, 0.1) is 13.2 Å². The quantitative estimate of drug-likeness (QED) is 0.617. The van der Waals surface area contributed by atoms with Crippen molar-refractivity contribution in [1.29, 1.82) is 0 Å². The molecule has 7 heteroatoms. The lowest BCUT2D eigenvalue weighted by Gasteiger charge is -2.36. The van der Waals surface area contributed by atoms with Gasteiger partial charge in [-0.15, -0.1) is 0 Å². The lowest BCUT2D eigenvalue weighted by atomic mass is 10.1. The maximum Gasteiger partial charge on any atom is 0.274 e. The van der Waals surface area contributed by atoms with Gasteiger partial charge in [0.2, 0.25) is 0 Å². The number of aromatic nitrogens is 1. The third-order valence-corrected chi connectivity index (χ3v) is 5.62. The number of aliphatic imine (C=N–C) groups is 1. The summed E-state index contributed by atoms with van der Waals surface area (Å²) < 4.78 is 2.17. The molecule has 2 heterocycles. The SMILES string of the molecule is CONC(=O)c1ccc(C)c(NC2=NCN([C@H](C)c3ccccc3)n3ccc(C)c32)c1. The lowest BCUT2D eigenvalue weighted by Crippen LogP contribution is -2.43. The fourth-order valence-corrected chi connectivity index (χ4v) is 3.80. The van der Waals surface area contributed by atoms with Crippen LogP contribution in [0.5, 0.6) is 0 Å². The molecule has 0 spiro atoms. The van der Waals surface area contributed by atoms with Gasteiger partial charge in [-0.25, -0.2) is 10.5 Å². The lowest BCUT2D eigenvalue weighted by molar-refractivity contribution is 0.0537. The molecule has 7 nitrogen and oxygen atoms in total. The zero-order valence-corrected chi connectivity index (χ0v) is 18.2. The van der Waals surface area contributed by atoms with E-state index in [4.69, 9.17) is 9.83 Å². The average molecular weight is 418 g/mol. The number of carbonyl (C=O) groups excluding carboxylic acids is 1. The highest BCUT2D eigenvalue weighted by molar-refractivity contribution is 6.09. The number of hydrogen-bond acceptors (Lipinski definition) is 5. The molecule has 0 radical (unpaired) electrons. The second-order valence-corrected chi connectivity index (χ2v) is 7.66. The first-order valence-corrected chi connectivity index (χ1v) is 10.2. The Hall–Kier alpha value is -3.58. The Bertz CT molecular complexity index is 1120. The molecule has 3 aromatic rings. The third-order valence-electron chi connectivity index (χ3n) is 5.62. The smallest absolute Gasteiger partial charge is 0.274 e. The maximum atomic E-state index is 12.2. The third kappa shape index (κ3) is 4.04. The number of hydroxylamine groups is 1. The Morgan fingerprint density at radius 1 is 1.10 bits per heavy atom. The van der Waals surface area contributed by atoms with Crippen molar-refractivity contribution in [1.82, 2.24) is 10.2 Å². The summed E-state index contributed by atoms with van der Waals surface area (Å²) in [5.74, 6) is 0.491. The normalized spacial score (nSPS) is 13.9. The number of hydrogen-bond donors (Lipinski definition) is 2. The summed E-state index contributed by atoms with van der Waals surface area (Å²) in [5, 5.41) is 5.68. The van der Waals surface area contributed by atoms with E-state index in [9.17, 15) is 4.79 Å². The second-order valence-electron chi connectivity index (χ2n) is 7.66. The van der Waals surface area contributed by atoms with Gasteiger partial charge in [-0.05, 0) is 55.7 Å². The van der Waals surface area contributed by atoms with Crippen molar-refractivity contribution in [2.24, 2.45) is 4.99 Å². The summed E-state index contributed by atoms with van der Waals surface area (Å²) in [7, 11) is 1.42. The first kappa shape index (κ1) is 20.7. The van der Waals surface area contributed by atoms with Crippen LogP contribution in [0.2, 0.25) is 0 Å². The average Bonchev–Trinajstić information content (AvgIpc) is 3.18. The minimum Gasteiger partial charge on any atom is -0.338 e. The van der Waals surface area contributed by atoms with Crippen LogP contribution in [0.3, 0.4) is 0 Å². The molecule has 2 aromatic carbocycles.